The molecule has 0 amide bonds. The smallest absolute Gasteiger partial charge is 0.174 e. The van der Waals surface area contributed by atoms with E-state index in [4.69, 9.17) is 0 Å². The lowest BCUT2D eigenvalue weighted by Crippen LogP contribution is -2.20. The quantitative estimate of drug-likeness (QED) is 0.387. The Hall–Kier alpha value is -3.74. The van der Waals surface area contributed by atoms with Gasteiger partial charge in [0.2, 0.25) is 0 Å². The summed E-state index contributed by atoms with van der Waals surface area (Å²) in [6.07, 6.45) is 4.72. The molecule has 0 fully saturated rings. The van der Waals surface area contributed by atoms with Crippen molar-refractivity contribution in [2.24, 2.45) is 10.1 Å². The molecule has 0 aliphatic heterocycles. The van der Waals surface area contributed by atoms with Crippen LogP contribution in [0.4, 0.5) is 5.82 Å². The maximum atomic E-state index is 9.78. The van der Waals surface area contributed by atoms with Crippen LogP contribution in [0.25, 0.3) is 0 Å². The van der Waals surface area contributed by atoms with E-state index in [-0.39, 0.29) is 11.5 Å². The molecule has 0 spiro atoms. The van der Waals surface area contributed by atoms with Crippen LogP contribution < -0.4 is 5.43 Å². The predicted molar refractivity (Wildman–Crippen MR) is 95.2 cm³/mol. The Morgan fingerprint density at radius 3 is 2.44 bits per heavy atom. The number of aromatic hydroxyl groups is 2. The minimum absolute atomic E-state index is 0.0199. The molecular formula is C18H15N5O2. The average Bonchev–Trinajstić information content (AvgIpc) is 2.64. The van der Waals surface area contributed by atoms with Crippen molar-refractivity contribution in [3.8, 4) is 11.5 Å². The van der Waals surface area contributed by atoms with Crippen LogP contribution in [0, 0.1) is 0 Å². The van der Waals surface area contributed by atoms with Crippen molar-refractivity contribution in [3.63, 3.8) is 0 Å². The second kappa shape index (κ2) is 7.69. The number of nitrogens with one attached hydrogen (secondary N) is 1. The largest absolute Gasteiger partial charge is 0.508 e. The van der Waals surface area contributed by atoms with E-state index < -0.39 is 0 Å². The minimum atomic E-state index is -0.0772. The highest BCUT2D eigenvalue weighted by Gasteiger charge is 2.05. The summed E-state index contributed by atoms with van der Waals surface area (Å²) in [5.74, 6) is 0.826. The summed E-state index contributed by atoms with van der Waals surface area (Å²) in [6.45, 7) is 0. The fourth-order valence-electron chi connectivity index (χ4n) is 1.98. The lowest BCUT2D eigenvalue weighted by Gasteiger charge is -2.05. The molecule has 0 aliphatic rings. The average molecular weight is 333 g/mol. The highest BCUT2D eigenvalue weighted by molar-refractivity contribution is 5.99. The van der Waals surface area contributed by atoms with Gasteiger partial charge in [-0.2, -0.15) is 5.10 Å². The number of phenolic OH excluding ortho intramolecular Hbond substituents is 2. The first-order valence-corrected chi connectivity index (χ1v) is 7.44. The van der Waals surface area contributed by atoms with Crippen molar-refractivity contribution in [2.75, 3.05) is 0 Å². The molecule has 0 bridgehead atoms. The standard InChI is InChI=1S/C18H15N5O2/c24-14-8-7-13(16(25)11-14)12-21-23-18(15-5-1-3-9-19-15)22-17-6-2-4-10-20-17/h1-12,24-25H,(H,20,22,23). The number of nitrogens with zero attached hydrogens (tertiary/aromatic N) is 4. The summed E-state index contributed by atoms with van der Waals surface area (Å²) >= 11 is 0. The van der Waals surface area contributed by atoms with Gasteiger partial charge in [0.15, 0.2) is 11.7 Å². The highest BCUT2D eigenvalue weighted by atomic mass is 16.3. The summed E-state index contributed by atoms with van der Waals surface area (Å²) in [5, 5.41) is 23.2. The van der Waals surface area contributed by atoms with Gasteiger partial charge in [-0.3, -0.25) is 10.4 Å². The summed E-state index contributed by atoms with van der Waals surface area (Å²) < 4.78 is 0. The van der Waals surface area contributed by atoms with Gasteiger partial charge < -0.3 is 10.2 Å². The molecular weight excluding hydrogens is 318 g/mol. The van der Waals surface area contributed by atoms with Crippen molar-refractivity contribution < 1.29 is 10.2 Å². The Bertz CT molecular complexity index is 896. The molecule has 0 radical (unpaired) electrons. The monoisotopic (exact) mass is 333 g/mol. The van der Waals surface area contributed by atoms with Crippen LogP contribution in [0.3, 0.4) is 0 Å². The second-order valence-electron chi connectivity index (χ2n) is 4.98. The molecule has 3 rings (SSSR count). The number of hydrogen-bond donors (Lipinski definition) is 3. The second-order valence-corrected chi connectivity index (χ2v) is 4.98. The maximum absolute atomic E-state index is 9.78. The van der Waals surface area contributed by atoms with Crippen LogP contribution in [0.2, 0.25) is 0 Å². The summed E-state index contributed by atoms with van der Waals surface area (Å²) in [5.41, 5.74) is 3.86. The molecule has 25 heavy (non-hydrogen) atoms. The van der Waals surface area contributed by atoms with E-state index in [1.165, 1.54) is 18.3 Å². The third kappa shape index (κ3) is 4.38. The topological polar surface area (TPSA) is 103 Å². The number of aliphatic imine (C=N–C) groups is 1. The van der Waals surface area contributed by atoms with E-state index in [9.17, 15) is 10.2 Å². The van der Waals surface area contributed by atoms with Crippen LogP contribution in [-0.4, -0.2) is 32.2 Å². The number of amidine groups is 1. The molecule has 1 aromatic carbocycles. The maximum Gasteiger partial charge on any atom is 0.174 e. The van der Waals surface area contributed by atoms with Crippen molar-refractivity contribution in [3.05, 3.63) is 78.2 Å². The molecule has 2 heterocycles. The van der Waals surface area contributed by atoms with Gasteiger partial charge in [-0.15, -0.1) is 0 Å². The zero-order valence-electron chi connectivity index (χ0n) is 13.1. The molecule has 124 valence electrons. The van der Waals surface area contributed by atoms with Crippen LogP contribution >= 0.6 is 0 Å². The number of pyridine rings is 2. The Kier molecular flexibility index (Phi) is 4.96. The summed E-state index contributed by atoms with van der Waals surface area (Å²) in [4.78, 5) is 12.8. The van der Waals surface area contributed by atoms with E-state index in [1.807, 2.05) is 12.1 Å². The minimum Gasteiger partial charge on any atom is -0.508 e. The first kappa shape index (κ1) is 16.1. The van der Waals surface area contributed by atoms with Crippen molar-refractivity contribution >= 4 is 17.9 Å². The fourth-order valence-corrected chi connectivity index (χ4v) is 1.98. The Balaban J connectivity index is 1.85. The molecule has 0 saturated heterocycles. The lowest BCUT2D eigenvalue weighted by molar-refractivity contribution is 0.450. The van der Waals surface area contributed by atoms with Crippen molar-refractivity contribution in [2.45, 2.75) is 0 Å². The number of hydrazone groups is 1. The summed E-state index contributed by atoms with van der Waals surface area (Å²) in [7, 11) is 0. The van der Waals surface area contributed by atoms with Gasteiger partial charge in [0.1, 0.15) is 17.2 Å². The normalized spacial score (nSPS) is 11.6. The molecule has 0 aliphatic carbocycles. The first-order valence-electron chi connectivity index (χ1n) is 7.44. The number of benzene rings is 1. The third-order valence-electron chi connectivity index (χ3n) is 3.17. The zero-order chi connectivity index (χ0) is 17.5. The number of phenols is 2. The molecule has 0 atom stereocenters. The van der Waals surface area contributed by atoms with E-state index in [0.717, 1.165) is 0 Å². The number of rotatable bonds is 4. The third-order valence-corrected chi connectivity index (χ3v) is 3.17. The predicted octanol–water partition coefficient (Wildman–Crippen LogP) is 2.59. The Morgan fingerprint density at radius 2 is 1.76 bits per heavy atom. The van der Waals surface area contributed by atoms with Gasteiger partial charge in [0.25, 0.3) is 0 Å². The molecule has 7 heteroatoms. The molecule has 7 nitrogen and oxygen atoms in total. The first-order chi connectivity index (χ1) is 12.2. The van der Waals surface area contributed by atoms with Crippen LogP contribution in [-0.2, 0) is 0 Å². The van der Waals surface area contributed by atoms with Gasteiger partial charge in [0, 0.05) is 24.0 Å². The molecule has 0 saturated carbocycles. The molecule has 0 unspecified atom stereocenters. The van der Waals surface area contributed by atoms with Gasteiger partial charge in [-0.25, -0.2) is 9.98 Å². The molecule has 3 aromatic rings. The van der Waals surface area contributed by atoms with E-state index >= 15 is 0 Å². The van der Waals surface area contributed by atoms with E-state index in [1.54, 1.807) is 42.7 Å². The Morgan fingerprint density at radius 1 is 0.960 bits per heavy atom. The van der Waals surface area contributed by atoms with Crippen molar-refractivity contribution in [1.82, 2.24) is 15.4 Å². The van der Waals surface area contributed by atoms with Crippen LogP contribution in [0.5, 0.6) is 11.5 Å². The number of aromatic nitrogens is 2. The van der Waals surface area contributed by atoms with Gasteiger partial charge in [0.05, 0.1) is 6.21 Å². The Labute approximate surface area is 144 Å². The lowest BCUT2D eigenvalue weighted by atomic mass is 10.2. The zero-order valence-corrected chi connectivity index (χ0v) is 13.1. The van der Waals surface area contributed by atoms with Crippen molar-refractivity contribution in [1.29, 1.82) is 0 Å². The summed E-state index contributed by atoms with van der Waals surface area (Å²) in [6, 6.07) is 15.1. The molecule has 2 aromatic heterocycles. The van der Waals surface area contributed by atoms with E-state index in [0.29, 0.717) is 22.9 Å². The highest BCUT2D eigenvalue weighted by Crippen LogP contribution is 2.20. The molecule has 3 N–H and O–H groups in total. The van der Waals surface area contributed by atoms with Crippen LogP contribution in [0.1, 0.15) is 11.3 Å². The van der Waals surface area contributed by atoms with Gasteiger partial charge in [-0.05, 0) is 36.4 Å². The SMILES string of the molecule is Oc1ccc(C=NNC(=Nc2ccccn2)c2ccccn2)c(O)c1. The van der Waals surface area contributed by atoms with E-state index in [2.05, 4.69) is 25.5 Å². The number of hydrogen-bond acceptors (Lipinski definition) is 6. The fraction of sp³-hybridized carbons (Fsp3) is 0. The van der Waals surface area contributed by atoms with Crippen LogP contribution in [0.15, 0.2) is 77.1 Å². The van der Waals surface area contributed by atoms with Gasteiger partial charge in [-0.1, -0.05) is 12.1 Å². The van der Waals surface area contributed by atoms with Gasteiger partial charge >= 0.3 is 0 Å².